The summed E-state index contributed by atoms with van der Waals surface area (Å²) in [4.78, 5) is 18.1. The number of hydrogen-bond donors (Lipinski definition) is 0. The molecule has 0 aliphatic carbocycles. The topological polar surface area (TPSA) is 60.5 Å². The van der Waals surface area contributed by atoms with Crippen molar-refractivity contribution in [1.82, 2.24) is 9.80 Å². The second-order valence-electron chi connectivity index (χ2n) is 9.90. The lowest BCUT2D eigenvalue weighted by Gasteiger charge is -2.39. The number of amides is 1. The lowest BCUT2D eigenvalue weighted by molar-refractivity contribution is -0.135. The Bertz CT molecular complexity index is 1070. The first-order chi connectivity index (χ1) is 18.6. The second kappa shape index (κ2) is 13.7. The zero-order chi connectivity index (χ0) is 26.9. The molecule has 0 saturated carbocycles. The molecule has 0 aromatic heterocycles. The number of fused-ring (bicyclic) bond motifs is 1. The van der Waals surface area contributed by atoms with Crippen molar-refractivity contribution in [2.75, 3.05) is 52.6 Å². The highest BCUT2D eigenvalue weighted by Crippen LogP contribution is 2.41. The molecule has 2 aliphatic heterocycles. The van der Waals surface area contributed by atoms with Gasteiger partial charge in [0.25, 0.3) is 0 Å². The summed E-state index contributed by atoms with van der Waals surface area (Å²) in [5.74, 6) is 3.21. The summed E-state index contributed by atoms with van der Waals surface area (Å²) in [6, 6.07) is 10.3. The van der Waals surface area contributed by atoms with E-state index in [9.17, 15) is 4.79 Å². The molecule has 0 spiro atoms. The normalized spacial score (nSPS) is 17.6. The monoisotopic (exact) mass is 524 g/mol. The predicted octanol–water partition coefficient (Wildman–Crippen LogP) is 5.44. The molecule has 1 fully saturated rings. The Hall–Kier alpha value is -2.93. The molecule has 2 aliphatic rings. The summed E-state index contributed by atoms with van der Waals surface area (Å²) in [7, 11) is 0. The standard InChI is InChI=1S/C31H44N2O5/c1-5-35-27-13-12-23(19-28(27)36-6-2)18-26-25-21-30(38-8-4)29(37-7-3)20-24(25)14-17-33(26)31(34)22-32-15-10-9-11-16-32/h12-13,19-21,26H,5-11,14-18,22H2,1-4H3/t26-/m0/s1. The van der Waals surface area contributed by atoms with Gasteiger partial charge in [-0.05, 0) is 107 Å². The van der Waals surface area contributed by atoms with Crippen LogP contribution in [-0.2, 0) is 17.6 Å². The van der Waals surface area contributed by atoms with Gasteiger partial charge in [0.05, 0.1) is 39.0 Å². The molecular formula is C31H44N2O5. The van der Waals surface area contributed by atoms with E-state index in [4.69, 9.17) is 18.9 Å². The van der Waals surface area contributed by atoms with Crippen LogP contribution in [0.1, 0.15) is 69.7 Å². The fourth-order valence-corrected chi connectivity index (χ4v) is 5.61. The third-order valence-corrected chi connectivity index (χ3v) is 7.33. The molecule has 2 aromatic carbocycles. The van der Waals surface area contributed by atoms with E-state index in [1.807, 2.05) is 33.8 Å². The number of hydrogen-bond acceptors (Lipinski definition) is 6. The largest absolute Gasteiger partial charge is 0.490 e. The Balaban J connectivity index is 1.69. The van der Waals surface area contributed by atoms with Crippen LogP contribution in [0.5, 0.6) is 23.0 Å². The van der Waals surface area contributed by atoms with Crippen molar-refractivity contribution in [1.29, 1.82) is 0 Å². The molecule has 2 aromatic rings. The second-order valence-corrected chi connectivity index (χ2v) is 9.90. The Labute approximate surface area is 228 Å². The van der Waals surface area contributed by atoms with Crippen molar-refractivity contribution in [3.8, 4) is 23.0 Å². The van der Waals surface area contributed by atoms with E-state index in [1.165, 1.54) is 24.8 Å². The van der Waals surface area contributed by atoms with E-state index in [1.54, 1.807) is 0 Å². The van der Waals surface area contributed by atoms with Gasteiger partial charge in [0.15, 0.2) is 23.0 Å². The van der Waals surface area contributed by atoms with Crippen molar-refractivity contribution < 1.29 is 23.7 Å². The van der Waals surface area contributed by atoms with Crippen LogP contribution in [0.25, 0.3) is 0 Å². The van der Waals surface area contributed by atoms with Crippen LogP contribution in [0, 0.1) is 0 Å². The van der Waals surface area contributed by atoms with E-state index in [0.29, 0.717) is 45.9 Å². The molecule has 38 heavy (non-hydrogen) atoms. The Morgan fingerprint density at radius 3 is 2.03 bits per heavy atom. The lowest BCUT2D eigenvalue weighted by atomic mass is 9.88. The van der Waals surface area contributed by atoms with Crippen molar-refractivity contribution >= 4 is 5.91 Å². The van der Waals surface area contributed by atoms with Gasteiger partial charge in [0.2, 0.25) is 5.91 Å². The molecule has 0 radical (unpaired) electrons. The molecule has 7 nitrogen and oxygen atoms in total. The van der Waals surface area contributed by atoms with Gasteiger partial charge in [-0.25, -0.2) is 0 Å². The highest BCUT2D eigenvalue weighted by molar-refractivity contribution is 5.79. The van der Waals surface area contributed by atoms with Gasteiger partial charge in [-0.3, -0.25) is 9.69 Å². The zero-order valence-corrected chi connectivity index (χ0v) is 23.6. The van der Waals surface area contributed by atoms with Gasteiger partial charge in [0, 0.05) is 6.54 Å². The maximum atomic E-state index is 13.7. The van der Waals surface area contributed by atoms with Crippen LogP contribution >= 0.6 is 0 Å². The molecule has 208 valence electrons. The third-order valence-electron chi connectivity index (χ3n) is 7.33. The van der Waals surface area contributed by atoms with Crippen LogP contribution in [0.15, 0.2) is 30.3 Å². The molecule has 1 amide bonds. The Morgan fingerprint density at radius 2 is 1.37 bits per heavy atom. The van der Waals surface area contributed by atoms with E-state index >= 15 is 0 Å². The number of carbonyl (C=O) groups excluding carboxylic acids is 1. The molecule has 0 unspecified atom stereocenters. The minimum absolute atomic E-state index is 0.0988. The van der Waals surface area contributed by atoms with Crippen molar-refractivity contribution in [2.24, 2.45) is 0 Å². The number of piperidine rings is 1. The van der Waals surface area contributed by atoms with Crippen LogP contribution in [-0.4, -0.2) is 68.3 Å². The molecule has 7 heteroatoms. The lowest BCUT2D eigenvalue weighted by Crippen LogP contribution is -2.46. The van der Waals surface area contributed by atoms with Crippen LogP contribution < -0.4 is 18.9 Å². The number of likely N-dealkylation sites (tertiary alicyclic amines) is 1. The first kappa shape index (κ1) is 28.1. The Kier molecular flexibility index (Phi) is 10.2. The van der Waals surface area contributed by atoms with E-state index in [0.717, 1.165) is 53.6 Å². The van der Waals surface area contributed by atoms with Crippen molar-refractivity contribution in [3.63, 3.8) is 0 Å². The van der Waals surface area contributed by atoms with Crippen molar-refractivity contribution in [2.45, 2.75) is 65.8 Å². The summed E-state index contributed by atoms with van der Waals surface area (Å²) < 4.78 is 23.6. The van der Waals surface area contributed by atoms with E-state index < -0.39 is 0 Å². The highest BCUT2D eigenvalue weighted by atomic mass is 16.5. The van der Waals surface area contributed by atoms with Gasteiger partial charge in [-0.15, -0.1) is 0 Å². The Morgan fingerprint density at radius 1 is 0.763 bits per heavy atom. The molecule has 0 bridgehead atoms. The summed E-state index contributed by atoms with van der Waals surface area (Å²) in [5.41, 5.74) is 3.47. The fraction of sp³-hybridized carbons (Fsp3) is 0.581. The number of ether oxygens (including phenoxy) is 4. The maximum absolute atomic E-state index is 13.7. The molecule has 2 heterocycles. The number of carbonyl (C=O) groups is 1. The van der Waals surface area contributed by atoms with E-state index in [2.05, 4.69) is 34.1 Å². The first-order valence-corrected chi connectivity index (χ1v) is 14.4. The zero-order valence-electron chi connectivity index (χ0n) is 23.6. The fourth-order valence-electron chi connectivity index (χ4n) is 5.61. The SMILES string of the molecule is CCOc1ccc(C[C@H]2c3cc(OCC)c(OCC)cc3CCN2C(=O)CN2CCCCC2)cc1OCC. The predicted molar refractivity (Wildman–Crippen MR) is 150 cm³/mol. The summed E-state index contributed by atoms with van der Waals surface area (Å²) in [6.45, 7) is 13.4. The highest BCUT2D eigenvalue weighted by Gasteiger charge is 2.33. The van der Waals surface area contributed by atoms with Gasteiger partial charge in [-0.1, -0.05) is 12.5 Å². The van der Waals surface area contributed by atoms with Crippen molar-refractivity contribution in [3.05, 3.63) is 47.0 Å². The minimum Gasteiger partial charge on any atom is -0.490 e. The quantitative estimate of drug-likeness (QED) is 0.369. The average Bonchev–Trinajstić information content (AvgIpc) is 2.92. The molecule has 1 atom stereocenters. The van der Waals surface area contributed by atoms with Gasteiger partial charge < -0.3 is 23.8 Å². The van der Waals surface area contributed by atoms with Crippen LogP contribution in [0.3, 0.4) is 0 Å². The molecular weight excluding hydrogens is 480 g/mol. The summed E-state index contributed by atoms with van der Waals surface area (Å²) in [5, 5.41) is 0. The van der Waals surface area contributed by atoms with Gasteiger partial charge >= 0.3 is 0 Å². The van der Waals surface area contributed by atoms with Gasteiger partial charge in [-0.2, -0.15) is 0 Å². The molecule has 0 N–H and O–H groups in total. The average molecular weight is 525 g/mol. The molecule has 4 rings (SSSR count). The number of rotatable bonds is 12. The van der Waals surface area contributed by atoms with Crippen LogP contribution in [0.4, 0.5) is 0 Å². The van der Waals surface area contributed by atoms with Gasteiger partial charge in [0.1, 0.15) is 0 Å². The summed E-state index contributed by atoms with van der Waals surface area (Å²) in [6.07, 6.45) is 5.09. The minimum atomic E-state index is -0.0988. The third kappa shape index (κ3) is 6.73. The molecule has 1 saturated heterocycles. The summed E-state index contributed by atoms with van der Waals surface area (Å²) >= 11 is 0. The smallest absolute Gasteiger partial charge is 0.237 e. The van der Waals surface area contributed by atoms with Crippen LogP contribution in [0.2, 0.25) is 0 Å². The number of benzene rings is 2. The first-order valence-electron chi connectivity index (χ1n) is 14.4. The van der Waals surface area contributed by atoms with E-state index in [-0.39, 0.29) is 11.9 Å². The number of nitrogens with zero attached hydrogens (tertiary/aromatic N) is 2. The maximum Gasteiger partial charge on any atom is 0.237 e.